The molecule has 1 aliphatic rings. The van der Waals surface area contributed by atoms with Crippen LogP contribution in [0.2, 0.25) is 0 Å². The number of amides is 1. The van der Waals surface area contributed by atoms with Gasteiger partial charge in [-0.2, -0.15) is 0 Å². The Morgan fingerprint density at radius 1 is 1.60 bits per heavy atom. The van der Waals surface area contributed by atoms with Crippen LogP contribution in [-0.4, -0.2) is 55.3 Å². The third-order valence-corrected chi connectivity index (χ3v) is 6.02. The van der Waals surface area contributed by atoms with Crippen LogP contribution in [0, 0.1) is 0 Å². The van der Waals surface area contributed by atoms with Gasteiger partial charge in [-0.25, -0.2) is 13.4 Å². The zero-order valence-electron chi connectivity index (χ0n) is 11.4. The number of aromatic nitrogens is 1. The molecule has 1 unspecified atom stereocenters. The van der Waals surface area contributed by atoms with Gasteiger partial charge in [-0.15, -0.1) is 0 Å². The van der Waals surface area contributed by atoms with Gasteiger partial charge in [-0.05, 0) is 13.3 Å². The number of hydrogen-bond acceptors (Lipinski definition) is 7. The smallest absolute Gasteiger partial charge is 0.267 e. The van der Waals surface area contributed by atoms with E-state index in [1.165, 1.54) is 16.2 Å². The maximum absolute atomic E-state index is 12.4. The molecule has 0 saturated carbocycles. The second-order valence-corrected chi connectivity index (χ2v) is 7.96. The van der Waals surface area contributed by atoms with Gasteiger partial charge >= 0.3 is 0 Å². The van der Waals surface area contributed by atoms with Crippen molar-refractivity contribution in [3.05, 3.63) is 4.88 Å². The minimum absolute atomic E-state index is 0.0218. The van der Waals surface area contributed by atoms with Gasteiger partial charge in [0.05, 0.1) is 11.5 Å². The van der Waals surface area contributed by atoms with Crippen LogP contribution in [0.4, 0.5) is 10.9 Å². The predicted octanol–water partition coefficient (Wildman–Crippen LogP) is 0.416. The lowest BCUT2D eigenvalue weighted by atomic mass is 10.2. The van der Waals surface area contributed by atoms with Gasteiger partial charge in [0.25, 0.3) is 5.91 Å². The van der Waals surface area contributed by atoms with Crippen molar-refractivity contribution in [2.75, 3.05) is 36.1 Å². The molecule has 20 heavy (non-hydrogen) atoms. The third-order valence-electron chi connectivity index (χ3n) is 3.25. The molecule has 3 N–H and O–H groups in total. The molecular weight excluding hydrogens is 300 g/mol. The normalized spacial score (nSPS) is 20.8. The summed E-state index contributed by atoms with van der Waals surface area (Å²) in [6.45, 7) is 2.62. The largest absolute Gasteiger partial charge is 0.382 e. The highest BCUT2D eigenvalue weighted by Gasteiger charge is 2.34. The predicted molar refractivity (Wildman–Crippen MR) is 79.8 cm³/mol. The molecule has 1 saturated heterocycles. The van der Waals surface area contributed by atoms with Crippen molar-refractivity contribution in [1.29, 1.82) is 0 Å². The monoisotopic (exact) mass is 318 g/mol. The highest BCUT2D eigenvalue weighted by atomic mass is 32.2. The van der Waals surface area contributed by atoms with Crippen molar-refractivity contribution in [2.45, 2.75) is 19.4 Å². The van der Waals surface area contributed by atoms with E-state index in [-0.39, 0.29) is 29.3 Å². The Bertz CT molecular complexity index is 611. The van der Waals surface area contributed by atoms with Crippen LogP contribution in [0.3, 0.4) is 0 Å². The SMILES string of the molecule is CCNc1nc(N)c(C(=O)N(C)C2CCS(=O)(=O)C2)s1. The van der Waals surface area contributed by atoms with Crippen LogP contribution in [0.1, 0.15) is 23.0 Å². The van der Waals surface area contributed by atoms with Crippen molar-refractivity contribution in [1.82, 2.24) is 9.88 Å². The summed E-state index contributed by atoms with van der Waals surface area (Å²) in [7, 11) is -1.41. The van der Waals surface area contributed by atoms with E-state index in [4.69, 9.17) is 5.73 Å². The first kappa shape index (κ1) is 15.0. The van der Waals surface area contributed by atoms with E-state index < -0.39 is 9.84 Å². The van der Waals surface area contributed by atoms with E-state index in [9.17, 15) is 13.2 Å². The summed E-state index contributed by atoms with van der Waals surface area (Å²) in [5, 5.41) is 3.60. The maximum Gasteiger partial charge on any atom is 0.267 e. The molecule has 0 aliphatic carbocycles. The van der Waals surface area contributed by atoms with Crippen molar-refractivity contribution in [2.24, 2.45) is 0 Å². The number of nitrogens with one attached hydrogen (secondary N) is 1. The summed E-state index contributed by atoms with van der Waals surface area (Å²) in [6.07, 6.45) is 0.476. The van der Waals surface area contributed by atoms with Crippen LogP contribution < -0.4 is 11.1 Å². The number of thiazole rings is 1. The Balaban J connectivity index is 2.15. The number of nitrogen functional groups attached to an aromatic ring is 1. The van der Waals surface area contributed by atoms with Gasteiger partial charge < -0.3 is 16.0 Å². The summed E-state index contributed by atoms with van der Waals surface area (Å²) < 4.78 is 23.0. The fraction of sp³-hybridized carbons (Fsp3) is 0.636. The summed E-state index contributed by atoms with van der Waals surface area (Å²) in [4.78, 5) is 18.3. The van der Waals surface area contributed by atoms with Crippen LogP contribution in [0.25, 0.3) is 0 Å². The van der Waals surface area contributed by atoms with Gasteiger partial charge in [0.15, 0.2) is 15.0 Å². The molecule has 0 spiro atoms. The summed E-state index contributed by atoms with van der Waals surface area (Å²) >= 11 is 1.19. The molecule has 2 rings (SSSR count). The van der Waals surface area contributed by atoms with Crippen LogP contribution in [0.5, 0.6) is 0 Å². The second-order valence-electron chi connectivity index (χ2n) is 4.74. The van der Waals surface area contributed by atoms with Crippen molar-refractivity contribution >= 4 is 38.0 Å². The Morgan fingerprint density at radius 2 is 2.30 bits per heavy atom. The molecule has 7 nitrogen and oxygen atoms in total. The molecule has 1 aliphatic heterocycles. The number of carbonyl (C=O) groups excluding carboxylic acids is 1. The lowest BCUT2D eigenvalue weighted by molar-refractivity contribution is 0.0753. The first-order valence-electron chi connectivity index (χ1n) is 6.32. The summed E-state index contributed by atoms with van der Waals surface area (Å²) in [6, 6.07) is -0.281. The van der Waals surface area contributed by atoms with E-state index in [0.717, 1.165) is 0 Å². The molecule has 1 amide bonds. The number of rotatable bonds is 4. The van der Waals surface area contributed by atoms with E-state index in [2.05, 4.69) is 10.3 Å². The van der Waals surface area contributed by atoms with Crippen LogP contribution >= 0.6 is 11.3 Å². The molecule has 2 heterocycles. The van der Waals surface area contributed by atoms with Crippen molar-refractivity contribution in [3.63, 3.8) is 0 Å². The van der Waals surface area contributed by atoms with Gasteiger partial charge in [-0.3, -0.25) is 4.79 Å². The Kier molecular flexibility index (Phi) is 4.19. The highest BCUT2D eigenvalue weighted by Crippen LogP contribution is 2.27. The lowest BCUT2D eigenvalue weighted by Crippen LogP contribution is -2.37. The zero-order chi connectivity index (χ0) is 14.9. The fourth-order valence-corrected chi connectivity index (χ4v) is 4.83. The number of sulfone groups is 1. The first-order chi connectivity index (χ1) is 9.34. The number of hydrogen-bond donors (Lipinski definition) is 2. The molecule has 1 aromatic heterocycles. The topological polar surface area (TPSA) is 105 Å². The minimum Gasteiger partial charge on any atom is -0.382 e. The fourth-order valence-electron chi connectivity index (χ4n) is 2.12. The van der Waals surface area contributed by atoms with Gasteiger partial charge in [0.1, 0.15) is 10.7 Å². The van der Waals surface area contributed by atoms with Crippen molar-refractivity contribution in [3.8, 4) is 0 Å². The number of nitrogens with zero attached hydrogens (tertiary/aromatic N) is 2. The Hall–Kier alpha value is -1.35. The molecular formula is C11H18N4O3S2. The van der Waals surface area contributed by atoms with E-state index in [0.29, 0.717) is 23.0 Å². The molecule has 9 heteroatoms. The Morgan fingerprint density at radius 3 is 2.85 bits per heavy atom. The molecule has 1 atom stereocenters. The first-order valence-corrected chi connectivity index (χ1v) is 8.95. The van der Waals surface area contributed by atoms with Gasteiger partial charge in [0.2, 0.25) is 0 Å². The summed E-state index contributed by atoms with van der Waals surface area (Å²) in [5.41, 5.74) is 5.76. The van der Waals surface area contributed by atoms with Crippen molar-refractivity contribution < 1.29 is 13.2 Å². The van der Waals surface area contributed by atoms with E-state index >= 15 is 0 Å². The standard InChI is InChI=1S/C11H18N4O3S2/c1-3-13-11-14-9(12)8(19-11)10(16)15(2)7-4-5-20(17,18)6-7/h7H,3-6,12H2,1-2H3,(H,13,14). The molecule has 0 radical (unpaired) electrons. The number of anilines is 2. The molecule has 1 aromatic rings. The van der Waals surface area contributed by atoms with Crippen LogP contribution in [-0.2, 0) is 9.84 Å². The molecule has 0 aromatic carbocycles. The maximum atomic E-state index is 12.4. The van der Waals surface area contributed by atoms with E-state index in [1.807, 2.05) is 6.92 Å². The number of carbonyl (C=O) groups is 1. The average Bonchev–Trinajstić information content (AvgIpc) is 2.91. The van der Waals surface area contributed by atoms with Gasteiger partial charge in [0, 0.05) is 19.6 Å². The summed E-state index contributed by atoms with van der Waals surface area (Å²) in [5.74, 6) is 0.0688. The molecule has 1 fully saturated rings. The zero-order valence-corrected chi connectivity index (χ0v) is 13.1. The van der Waals surface area contributed by atoms with Crippen LogP contribution in [0.15, 0.2) is 0 Å². The highest BCUT2D eigenvalue weighted by molar-refractivity contribution is 7.91. The molecule has 112 valence electrons. The van der Waals surface area contributed by atoms with E-state index in [1.54, 1.807) is 7.05 Å². The van der Waals surface area contributed by atoms with Gasteiger partial charge in [-0.1, -0.05) is 11.3 Å². The molecule has 0 bridgehead atoms. The second kappa shape index (κ2) is 5.57. The Labute approximate surface area is 122 Å². The minimum atomic E-state index is -3.02. The quantitative estimate of drug-likeness (QED) is 0.833. The third kappa shape index (κ3) is 3.04. The lowest BCUT2D eigenvalue weighted by Gasteiger charge is -2.22. The average molecular weight is 318 g/mol. The number of nitrogens with two attached hydrogens (primary N) is 1.